The average molecular weight is 350 g/mol. The van der Waals surface area contributed by atoms with Crippen LogP contribution in [0.4, 0.5) is 5.13 Å². The Bertz CT molecular complexity index is 811. The van der Waals surface area contributed by atoms with E-state index in [0.29, 0.717) is 17.5 Å². The first-order valence-electron chi connectivity index (χ1n) is 7.57. The number of halogens is 1. The average Bonchev–Trinajstić information content (AvgIpc) is 3.20. The maximum atomic E-state index is 5.99. The quantitative estimate of drug-likeness (QED) is 0.753. The number of imidazole rings is 1. The number of ether oxygens (including phenoxy) is 1. The van der Waals surface area contributed by atoms with Crippen molar-refractivity contribution < 1.29 is 4.74 Å². The number of rotatable bonds is 4. The van der Waals surface area contributed by atoms with Gasteiger partial charge in [-0.3, -0.25) is 0 Å². The van der Waals surface area contributed by atoms with E-state index in [-0.39, 0.29) is 0 Å². The summed E-state index contributed by atoms with van der Waals surface area (Å²) >= 11 is 7.38. The number of hydrogen-bond donors (Lipinski definition) is 2. The Morgan fingerprint density at radius 3 is 3.04 bits per heavy atom. The molecule has 6 nitrogen and oxygen atoms in total. The molecule has 1 aliphatic heterocycles. The topological polar surface area (TPSA) is 75.7 Å². The molecule has 4 rings (SSSR count). The Kier molecular flexibility index (Phi) is 4.15. The van der Waals surface area contributed by atoms with Crippen molar-refractivity contribution in [3.8, 4) is 0 Å². The van der Waals surface area contributed by atoms with Gasteiger partial charge in [0, 0.05) is 35.7 Å². The van der Waals surface area contributed by atoms with E-state index in [1.807, 2.05) is 18.2 Å². The van der Waals surface area contributed by atoms with Gasteiger partial charge in [0.2, 0.25) is 5.13 Å². The van der Waals surface area contributed by atoms with Gasteiger partial charge in [0.05, 0.1) is 17.6 Å². The third-order valence-electron chi connectivity index (χ3n) is 3.93. The lowest BCUT2D eigenvalue weighted by Gasteiger charge is -2.18. The summed E-state index contributed by atoms with van der Waals surface area (Å²) in [4.78, 5) is 12.4. The van der Waals surface area contributed by atoms with E-state index in [1.54, 1.807) is 0 Å². The monoisotopic (exact) mass is 349 g/mol. The molecule has 1 aliphatic rings. The molecule has 120 valence electrons. The summed E-state index contributed by atoms with van der Waals surface area (Å²) in [6.07, 6.45) is 2.00. The summed E-state index contributed by atoms with van der Waals surface area (Å²) in [6.45, 7) is 2.18. The van der Waals surface area contributed by atoms with E-state index in [4.69, 9.17) is 16.3 Å². The minimum absolute atomic E-state index is 0.420. The van der Waals surface area contributed by atoms with Gasteiger partial charge in [0.15, 0.2) is 0 Å². The summed E-state index contributed by atoms with van der Waals surface area (Å²) in [5.41, 5.74) is 1.85. The molecule has 0 amide bonds. The summed E-state index contributed by atoms with van der Waals surface area (Å²) in [6, 6.07) is 5.63. The Morgan fingerprint density at radius 1 is 1.30 bits per heavy atom. The van der Waals surface area contributed by atoms with Crippen LogP contribution in [-0.4, -0.2) is 32.5 Å². The number of nitrogens with one attached hydrogen (secondary N) is 2. The van der Waals surface area contributed by atoms with Crippen molar-refractivity contribution in [2.75, 3.05) is 18.5 Å². The zero-order valence-electron chi connectivity index (χ0n) is 12.4. The third-order valence-corrected chi connectivity index (χ3v) is 4.85. The first-order chi connectivity index (χ1) is 11.3. The predicted molar refractivity (Wildman–Crippen MR) is 91.1 cm³/mol. The van der Waals surface area contributed by atoms with Gasteiger partial charge in [-0.15, -0.1) is 0 Å². The first kappa shape index (κ1) is 14.9. The van der Waals surface area contributed by atoms with Crippen LogP contribution in [0.2, 0.25) is 5.02 Å². The van der Waals surface area contributed by atoms with Crippen molar-refractivity contribution in [2.45, 2.75) is 25.3 Å². The molecule has 2 N–H and O–H groups in total. The van der Waals surface area contributed by atoms with Crippen LogP contribution in [0.3, 0.4) is 0 Å². The van der Waals surface area contributed by atoms with Crippen LogP contribution in [0.15, 0.2) is 18.2 Å². The molecular formula is C15H16ClN5OS. The van der Waals surface area contributed by atoms with Crippen LogP contribution in [-0.2, 0) is 11.3 Å². The van der Waals surface area contributed by atoms with E-state index >= 15 is 0 Å². The largest absolute Gasteiger partial charge is 0.381 e. The molecule has 1 fully saturated rings. The number of nitrogens with zero attached hydrogens (tertiary/aromatic N) is 3. The molecule has 0 spiro atoms. The molecule has 8 heteroatoms. The van der Waals surface area contributed by atoms with Crippen molar-refractivity contribution >= 4 is 39.3 Å². The van der Waals surface area contributed by atoms with Crippen molar-refractivity contribution in [3.05, 3.63) is 34.9 Å². The van der Waals surface area contributed by atoms with Gasteiger partial charge >= 0.3 is 0 Å². The highest BCUT2D eigenvalue weighted by Crippen LogP contribution is 2.27. The molecule has 1 aromatic carbocycles. The summed E-state index contributed by atoms with van der Waals surface area (Å²) in [5.74, 6) is 2.20. The zero-order chi connectivity index (χ0) is 15.6. The van der Waals surface area contributed by atoms with E-state index in [1.165, 1.54) is 11.5 Å². The highest BCUT2D eigenvalue weighted by Gasteiger charge is 2.20. The van der Waals surface area contributed by atoms with Crippen LogP contribution >= 0.6 is 23.1 Å². The lowest BCUT2D eigenvalue weighted by molar-refractivity contribution is 0.0838. The first-order valence-corrected chi connectivity index (χ1v) is 8.72. The Morgan fingerprint density at radius 2 is 2.17 bits per heavy atom. The maximum absolute atomic E-state index is 5.99. The van der Waals surface area contributed by atoms with Crippen LogP contribution in [0.5, 0.6) is 0 Å². The normalized spacial score (nSPS) is 16.0. The highest BCUT2D eigenvalue weighted by atomic mass is 35.5. The molecule has 3 heterocycles. The second-order valence-electron chi connectivity index (χ2n) is 5.54. The maximum Gasteiger partial charge on any atom is 0.202 e. The Labute approximate surface area is 142 Å². The molecule has 0 saturated carbocycles. The fraction of sp³-hybridized carbons (Fsp3) is 0.400. The fourth-order valence-electron chi connectivity index (χ4n) is 2.71. The van der Waals surface area contributed by atoms with Crippen LogP contribution in [0.25, 0.3) is 11.0 Å². The lowest BCUT2D eigenvalue weighted by Crippen LogP contribution is -2.15. The summed E-state index contributed by atoms with van der Waals surface area (Å²) in [5, 5.41) is 4.81. The fourth-order valence-corrected chi connectivity index (χ4v) is 3.52. The van der Waals surface area contributed by atoms with Gasteiger partial charge in [-0.25, -0.2) is 9.97 Å². The van der Waals surface area contributed by atoms with Crippen molar-refractivity contribution in [3.63, 3.8) is 0 Å². The number of aromatic amines is 1. The van der Waals surface area contributed by atoms with Crippen LogP contribution in [0.1, 0.15) is 30.4 Å². The Balaban J connectivity index is 1.42. The van der Waals surface area contributed by atoms with E-state index in [2.05, 4.69) is 24.6 Å². The number of aromatic nitrogens is 4. The number of anilines is 1. The number of benzene rings is 1. The highest BCUT2D eigenvalue weighted by molar-refractivity contribution is 7.09. The molecule has 23 heavy (non-hydrogen) atoms. The molecule has 0 bridgehead atoms. The van der Waals surface area contributed by atoms with Crippen LogP contribution < -0.4 is 5.32 Å². The molecule has 2 aromatic heterocycles. The SMILES string of the molecule is Clc1ccc2nc(CNc3nc(C4CCOCC4)ns3)[nH]c2c1. The standard InChI is InChI=1S/C15H16ClN5OS/c16-10-1-2-11-12(7-10)19-13(18-11)8-17-15-20-14(21-23-15)9-3-5-22-6-4-9/h1-2,7,9H,3-6,8H2,(H,18,19)(H,17,20,21). The third kappa shape index (κ3) is 3.31. The predicted octanol–water partition coefficient (Wildman–Crippen LogP) is 3.57. The second kappa shape index (κ2) is 6.43. The second-order valence-corrected chi connectivity index (χ2v) is 6.73. The smallest absolute Gasteiger partial charge is 0.202 e. The minimum Gasteiger partial charge on any atom is -0.381 e. The van der Waals surface area contributed by atoms with Gasteiger partial charge in [0.1, 0.15) is 11.6 Å². The number of H-pyrrole nitrogens is 1. The van der Waals surface area contributed by atoms with Crippen molar-refractivity contribution in [1.82, 2.24) is 19.3 Å². The molecule has 1 saturated heterocycles. The van der Waals surface area contributed by atoms with E-state index in [9.17, 15) is 0 Å². The summed E-state index contributed by atoms with van der Waals surface area (Å²) in [7, 11) is 0. The number of hydrogen-bond acceptors (Lipinski definition) is 6. The molecule has 0 aliphatic carbocycles. The number of fused-ring (bicyclic) bond motifs is 1. The van der Waals surface area contributed by atoms with Gasteiger partial charge in [-0.05, 0) is 31.0 Å². The van der Waals surface area contributed by atoms with Gasteiger partial charge in [-0.1, -0.05) is 11.6 Å². The van der Waals surface area contributed by atoms with Crippen LogP contribution in [0, 0.1) is 0 Å². The Hall–Kier alpha value is -1.70. The molecule has 3 aromatic rings. The molecule has 0 radical (unpaired) electrons. The zero-order valence-corrected chi connectivity index (χ0v) is 14.0. The van der Waals surface area contributed by atoms with E-state index in [0.717, 1.165) is 53.9 Å². The summed E-state index contributed by atoms with van der Waals surface area (Å²) < 4.78 is 9.85. The molecular weight excluding hydrogens is 334 g/mol. The van der Waals surface area contributed by atoms with Gasteiger partial charge in [-0.2, -0.15) is 4.37 Å². The lowest BCUT2D eigenvalue weighted by atomic mass is 10.00. The van der Waals surface area contributed by atoms with Gasteiger partial charge in [0.25, 0.3) is 0 Å². The minimum atomic E-state index is 0.420. The molecule has 0 atom stereocenters. The molecule has 0 unspecified atom stereocenters. The van der Waals surface area contributed by atoms with Crippen molar-refractivity contribution in [1.29, 1.82) is 0 Å². The van der Waals surface area contributed by atoms with Crippen molar-refractivity contribution in [2.24, 2.45) is 0 Å². The van der Waals surface area contributed by atoms with Gasteiger partial charge < -0.3 is 15.0 Å². The van der Waals surface area contributed by atoms with E-state index < -0.39 is 0 Å².